The van der Waals surface area contributed by atoms with E-state index < -0.39 is 10.8 Å². The standard InChI is InChI=1S/C19H17N5O5/c1-28-15-8-7-13(11-16(15)29-2)18-21-19(23-22-18)20-17(25)9-6-12-4-3-5-14(10-12)24(26)27/h3-11H,1-2H3,(H2,20,21,22,23,25)/b9-6+. The summed E-state index contributed by atoms with van der Waals surface area (Å²) in [5.74, 6) is 1.16. The van der Waals surface area contributed by atoms with Crippen LogP contribution < -0.4 is 14.8 Å². The van der Waals surface area contributed by atoms with Crippen molar-refractivity contribution in [1.29, 1.82) is 0 Å². The quantitative estimate of drug-likeness (QED) is 0.357. The van der Waals surface area contributed by atoms with Gasteiger partial charge in [-0.15, -0.1) is 5.10 Å². The van der Waals surface area contributed by atoms with Gasteiger partial charge >= 0.3 is 0 Å². The number of aromatic amines is 1. The molecule has 10 nitrogen and oxygen atoms in total. The maximum Gasteiger partial charge on any atom is 0.270 e. The molecule has 0 unspecified atom stereocenters. The third-order valence-electron chi connectivity index (χ3n) is 3.89. The lowest BCUT2D eigenvalue weighted by Crippen LogP contribution is -2.09. The Hall–Kier alpha value is -4.21. The molecule has 0 radical (unpaired) electrons. The van der Waals surface area contributed by atoms with Crippen LogP contribution in [0, 0.1) is 10.1 Å². The van der Waals surface area contributed by atoms with Gasteiger partial charge in [-0.3, -0.25) is 25.3 Å². The second kappa shape index (κ2) is 8.65. The highest BCUT2D eigenvalue weighted by Gasteiger charge is 2.11. The van der Waals surface area contributed by atoms with Gasteiger partial charge in [0.05, 0.1) is 19.1 Å². The number of non-ortho nitro benzene ring substituents is 1. The highest BCUT2D eigenvalue weighted by molar-refractivity contribution is 6.01. The van der Waals surface area contributed by atoms with Crippen molar-refractivity contribution in [2.75, 3.05) is 19.5 Å². The summed E-state index contributed by atoms with van der Waals surface area (Å²) in [6.45, 7) is 0. The van der Waals surface area contributed by atoms with E-state index in [1.807, 2.05) is 0 Å². The fraction of sp³-hybridized carbons (Fsp3) is 0.105. The molecule has 0 aliphatic heterocycles. The maximum absolute atomic E-state index is 12.1. The number of nitro benzene ring substituents is 1. The molecule has 0 saturated carbocycles. The van der Waals surface area contributed by atoms with Gasteiger partial charge in [-0.05, 0) is 29.8 Å². The van der Waals surface area contributed by atoms with Crippen LogP contribution in [0.15, 0.2) is 48.5 Å². The first-order valence-electron chi connectivity index (χ1n) is 8.38. The zero-order valence-corrected chi connectivity index (χ0v) is 15.6. The largest absolute Gasteiger partial charge is 0.493 e. The number of carbonyl (C=O) groups is 1. The molecule has 148 valence electrons. The molecule has 3 rings (SSSR count). The van der Waals surface area contributed by atoms with Crippen molar-refractivity contribution in [1.82, 2.24) is 15.2 Å². The van der Waals surface area contributed by atoms with E-state index in [0.29, 0.717) is 28.5 Å². The van der Waals surface area contributed by atoms with E-state index >= 15 is 0 Å². The Morgan fingerprint density at radius 2 is 1.97 bits per heavy atom. The molecule has 1 amide bonds. The summed E-state index contributed by atoms with van der Waals surface area (Å²) in [5, 5.41) is 20.0. The number of nitrogens with zero attached hydrogens (tertiary/aromatic N) is 3. The molecule has 1 aromatic heterocycles. The lowest BCUT2D eigenvalue weighted by atomic mass is 10.2. The average molecular weight is 395 g/mol. The molecular formula is C19H17N5O5. The molecule has 2 N–H and O–H groups in total. The SMILES string of the molecule is COc1ccc(-c2nc(NC(=O)/C=C/c3cccc([N+](=O)[O-])c3)n[nH]2)cc1OC. The summed E-state index contributed by atoms with van der Waals surface area (Å²) < 4.78 is 10.5. The maximum atomic E-state index is 12.1. The Kier molecular flexibility index (Phi) is 5.83. The van der Waals surface area contributed by atoms with Gasteiger partial charge in [0.2, 0.25) is 5.95 Å². The first-order chi connectivity index (χ1) is 14.0. The minimum absolute atomic E-state index is 0.0545. The fourth-order valence-corrected chi connectivity index (χ4v) is 2.50. The first kappa shape index (κ1) is 19.5. The predicted molar refractivity (Wildman–Crippen MR) is 106 cm³/mol. The van der Waals surface area contributed by atoms with E-state index in [2.05, 4.69) is 20.5 Å². The van der Waals surface area contributed by atoms with Gasteiger partial charge in [0.1, 0.15) is 0 Å². The molecule has 3 aromatic rings. The highest BCUT2D eigenvalue weighted by Crippen LogP contribution is 2.31. The van der Waals surface area contributed by atoms with E-state index in [4.69, 9.17) is 9.47 Å². The number of nitro groups is 1. The van der Waals surface area contributed by atoms with Crippen LogP contribution in [-0.2, 0) is 4.79 Å². The van der Waals surface area contributed by atoms with Crippen LogP contribution in [0.25, 0.3) is 17.5 Å². The van der Waals surface area contributed by atoms with Gasteiger partial charge in [0.15, 0.2) is 17.3 Å². The number of benzene rings is 2. The van der Waals surface area contributed by atoms with Crippen molar-refractivity contribution in [2.45, 2.75) is 0 Å². The molecule has 1 heterocycles. The number of amides is 1. The molecular weight excluding hydrogens is 378 g/mol. The Balaban J connectivity index is 1.69. The number of methoxy groups -OCH3 is 2. The molecule has 2 aromatic carbocycles. The number of hydrogen-bond acceptors (Lipinski definition) is 7. The van der Waals surface area contributed by atoms with Crippen molar-refractivity contribution in [3.8, 4) is 22.9 Å². The van der Waals surface area contributed by atoms with Crippen molar-refractivity contribution in [3.63, 3.8) is 0 Å². The number of rotatable bonds is 7. The van der Waals surface area contributed by atoms with Crippen LogP contribution in [0.1, 0.15) is 5.56 Å². The lowest BCUT2D eigenvalue weighted by molar-refractivity contribution is -0.384. The average Bonchev–Trinajstić information content (AvgIpc) is 3.20. The summed E-state index contributed by atoms with van der Waals surface area (Å²) in [4.78, 5) is 26.6. The number of hydrogen-bond donors (Lipinski definition) is 2. The second-order valence-electron chi connectivity index (χ2n) is 5.75. The zero-order chi connectivity index (χ0) is 20.8. The Bertz CT molecular complexity index is 1080. The Labute approximate surface area is 165 Å². The minimum atomic E-state index is -0.499. The fourth-order valence-electron chi connectivity index (χ4n) is 2.50. The summed E-state index contributed by atoms with van der Waals surface area (Å²) in [6, 6.07) is 11.2. The van der Waals surface area contributed by atoms with Gasteiger partial charge in [-0.2, -0.15) is 4.98 Å². The van der Waals surface area contributed by atoms with Crippen LogP contribution in [0.4, 0.5) is 11.6 Å². The minimum Gasteiger partial charge on any atom is -0.493 e. The summed E-state index contributed by atoms with van der Waals surface area (Å²) in [6.07, 6.45) is 2.70. The van der Waals surface area contributed by atoms with Crippen molar-refractivity contribution in [2.24, 2.45) is 0 Å². The number of nitrogens with one attached hydrogen (secondary N) is 2. The molecule has 0 fully saturated rings. The van der Waals surface area contributed by atoms with E-state index in [-0.39, 0.29) is 11.6 Å². The normalized spacial score (nSPS) is 10.7. The molecule has 0 bridgehead atoms. The molecule has 0 atom stereocenters. The number of anilines is 1. The highest BCUT2D eigenvalue weighted by atomic mass is 16.6. The van der Waals surface area contributed by atoms with E-state index in [1.54, 1.807) is 37.4 Å². The third kappa shape index (κ3) is 4.75. The lowest BCUT2D eigenvalue weighted by Gasteiger charge is -2.07. The first-order valence-corrected chi connectivity index (χ1v) is 8.38. The molecule has 29 heavy (non-hydrogen) atoms. The predicted octanol–water partition coefficient (Wildman–Crippen LogP) is 3.05. The summed E-state index contributed by atoms with van der Waals surface area (Å²) in [7, 11) is 3.07. The van der Waals surface area contributed by atoms with Crippen LogP contribution in [-0.4, -0.2) is 40.2 Å². The van der Waals surface area contributed by atoms with Crippen LogP contribution in [0.2, 0.25) is 0 Å². The van der Waals surface area contributed by atoms with E-state index in [9.17, 15) is 14.9 Å². The van der Waals surface area contributed by atoms with Gasteiger partial charge in [-0.25, -0.2) is 0 Å². The topological polar surface area (TPSA) is 132 Å². The number of carbonyl (C=O) groups excluding carboxylic acids is 1. The Morgan fingerprint density at radius 1 is 1.17 bits per heavy atom. The van der Waals surface area contributed by atoms with Crippen LogP contribution in [0.5, 0.6) is 11.5 Å². The molecule has 10 heteroatoms. The summed E-state index contributed by atoms with van der Waals surface area (Å²) >= 11 is 0. The number of H-pyrrole nitrogens is 1. The van der Waals surface area contributed by atoms with Gasteiger partial charge in [-0.1, -0.05) is 12.1 Å². The number of aromatic nitrogens is 3. The van der Waals surface area contributed by atoms with E-state index in [0.717, 1.165) is 0 Å². The van der Waals surface area contributed by atoms with Crippen molar-refractivity contribution < 1.29 is 19.2 Å². The van der Waals surface area contributed by atoms with Crippen LogP contribution >= 0.6 is 0 Å². The smallest absolute Gasteiger partial charge is 0.270 e. The Morgan fingerprint density at radius 3 is 2.69 bits per heavy atom. The van der Waals surface area contributed by atoms with E-state index in [1.165, 1.54) is 31.4 Å². The van der Waals surface area contributed by atoms with Gasteiger partial charge in [0.25, 0.3) is 11.6 Å². The number of ether oxygens (including phenoxy) is 2. The molecule has 0 aliphatic rings. The molecule has 0 aliphatic carbocycles. The van der Waals surface area contributed by atoms with Crippen molar-refractivity contribution in [3.05, 3.63) is 64.2 Å². The van der Waals surface area contributed by atoms with Gasteiger partial charge < -0.3 is 9.47 Å². The second-order valence-corrected chi connectivity index (χ2v) is 5.75. The van der Waals surface area contributed by atoms with Crippen molar-refractivity contribution >= 4 is 23.6 Å². The molecule has 0 spiro atoms. The molecule has 0 saturated heterocycles. The third-order valence-corrected chi connectivity index (χ3v) is 3.89. The van der Waals surface area contributed by atoms with Gasteiger partial charge in [0, 0.05) is 23.8 Å². The van der Waals surface area contributed by atoms with Crippen LogP contribution in [0.3, 0.4) is 0 Å². The zero-order valence-electron chi connectivity index (χ0n) is 15.6. The monoisotopic (exact) mass is 395 g/mol. The summed E-state index contributed by atoms with van der Waals surface area (Å²) in [5.41, 5.74) is 1.17.